The van der Waals surface area contributed by atoms with Gasteiger partial charge in [0, 0.05) is 13.2 Å². The summed E-state index contributed by atoms with van der Waals surface area (Å²) in [4.78, 5) is 32.4. The number of pyridine rings is 1. The minimum absolute atomic E-state index is 0.345. The van der Waals surface area contributed by atoms with Crippen molar-refractivity contribution in [1.29, 1.82) is 0 Å². The lowest BCUT2D eigenvalue weighted by Crippen LogP contribution is -2.13. The molecule has 28 heavy (non-hydrogen) atoms. The van der Waals surface area contributed by atoms with Gasteiger partial charge in [0.2, 0.25) is 5.95 Å². The van der Waals surface area contributed by atoms with Crippen LogP contribution in [0.3, 0.4) is 0 Å². The van der Waals surface area contributed by atoms with Crippen molar-refractivity contribution in [1.82, 2.24) is 34.7 Å². The molecule has 0 unspecified atom stereocenters. The third-order valence-electron chi connectivity index (χ3n) is 4.01. The van der Waals surface area contributed by atoms with E-state index in [1.165, 1.54) is 6.33 Å². The minimum atomic E-state index is -0.538. The van der Waals surface area contributed by atoms with Crippen LogP contribution in [-0.2, 0) is 7.05 Å². The largest absolute Gasteiger partial charge is 0.366 e. The molecule has 11 heteroatoms. The third kappa shape index (κ3) is 3.28. The lowest BCUT2D eigenvalue weighted by atomic mass is 10.2. The smallest absolute Gasteiger partial charge is 0.250 e. The number of aryl methyl sites for hydroxylation is 2. The Kier molecular flexibility index (Phi) is 4.24. The Labute approximate surface area is 159 Å². The predicted octanol–water partition coefficient (Wildman–Crippen LogP) is 1.44. The highest BCUT2D eigenvalue weighted by atomic mass is 16.1. The molecule has 0 spiro atoms. The first-order valence-corrected chi connectivity index (χ1v) is 8.26. The number of nitrogens with one attached hydrogen (secondary N) is 2. The van der Waals surface area contributed by atoms with Gasteiger partial charge in [-0.25, -0.2) is 19.6 Å². The summed E-state index contributed by atoms with van der Waals surface area (Å²) in [6.07, 6.45) is 7.95. The van der Waals surface area contributed by atoms with Crippen LogP contribution in [0.4, 0.5) is 23.1 Å². The average Bonchev–Trinajstić information content (AvgIpc) is 2.99. The van der Waals surface area contributed by atoms with E-state index in [0.29, 0.717) is 45.4 Å². The van der Waals surface area contributed by atoms with Crippen molar-refractivity contribution in [3.8, 4) is 0 Å². The number of amides is 1. The highest BCUT2D eigenvalue weighted by Crippen LogP contribution is 2.25. The second kappa shape index (κ2) is 6.87. The molecule has 0 saturated carbocycles. The number of carbonyl (C=O) groups excluding carboxylic acids is 1. The average molecular weight is 376 g/mol. The number of rotatable bonds is 5. The summed E-state index contributed by atoms with van der Waals surface area (Å²) in [6, 6.07) is 1.64. The van der Waals surface area contributed by atoms with Crippen LogP contribution in [0.5, 0.6) is 0 Å². The number of aromatic nitrogens is 7. The van der Waals surface area contributed by atoms with Crippen molar-refractivity contribution in [2.24, 2.45) is 12.8 Å². The van der Waals surface area contributed by atoms with Crippen LogP contribution >= 0.6 is 0 Å². The zero-order valence-corrected chi connectivity index (χ0v) is 15.1. The summed E-state index contributed by atoms with van der Waals surface area (Å²) in [5.74, 6) is 0.390. The number of hydrogen-bond donors (Lipinski definition) is 3. The van der Waals surface area contributed by atoms with Crippen LogP contribution in [0.15, 0.2) is 37.2 Å². The Balaban J connectivity index is 1.66. The van der Waals surface area contributed by atoms with Crippen LogP contribution in [0.1, 0.15) is 16.1 Å². The molecule has 11 nitrogen and oxygen atoms in total. The molecule has 0 aliphatic carbocycles. The third-order valence-corrected chi connectivity index (χ3v) is 4.01. The SMILES string of the molecule is Cc1ncc(Nc2nn(C)c3nc(Nc4cncnc4)ncc23)cc1C(N)=O. The molecular formula is C17H16N10O. The molecule has 4 N–H and O–H groups in total. The number of fused-ring (bicyclic) bond motifs is 1. The van der Waals surface area contributed by atoms with E-state index < -0.39 is 5.91 Å². The number of anilines is 4. The van der Waals surface area contributed by atoms with Crippen LogP contribution in [0, 0.1) is 6.92 Å². The minimum Gasteiger partial charge on any atom is -0.366 e. The molecule has 0 aromatic carbocycles. The van der Waals surface area contributed by atoms with Gasteiger partial charge in [0.25, 0.3) is 5.91 Å². The lowest BCUT2D eigenvalue weighted by molar-refractivity contribution is 0.0999. The summed E-state index contributed by atoms with van der Waals surface area (Å²) in [7, 11) is 1.78. The van der Waals surface area contributed by atoms with E-state index in [1.54, 1.807) is 49.5 Å². The standard InChI is InChI=1S/C17H16N10O/c1-9-12(14(18)28)3-10(6-21-9)23-15-13-7-22-17(25-16(13)27(2)26-15)24-11-4-19-8-20-5-11/h3-8H,1-2H3,(H2,18,28)(H,23,26)(H,22,24,25). The van der Waals surface area contributed by atoms with Gasteiger partial charge in [0.05, 0.1) is 46.6 Å². The van der Waals surface area contributed by atoms with Gasteiger partial charge in [-0.2, -0.15) is 10.1 Å². The fraction of sp³-hybridized carbons (Fsp3) is 0.118. The lowest BCUT2D eigenvalue weighted by Gasteiger charge is -2.07. The zero-order valence-electron chi connectivity index (χ0n) is 15.1. The molecule has 0 bridgehead atoms. The number of hydrogen-bond acceptors (Lipinski definition) is 9. The first-order valence-electron chi connectivity index (χ1n) is 8.26. The maximum Gasteiger partial charge on any atom is 0.250 e. The Bertz CT molecular complexity index is 1170. The molecule has 0 saturated heterocycles. The number of nitrogens with zero attached hydrogens (tertiary/aromatic N) is 7. The van der Waals surface area contributed by atoms with Crippen molar-refractivity contribution in [2.45, 2.75) is 6.92 Å². The zero-order chi connectivity index (χ0) is 19.7. The number of nitrogens with two attached hydrogens (primary N) is 1. The molecule has 0 aliphatic heterocycles. The summed E-state index contributed by atoms with van der Waals surface area (Å²) in [6.45, 7) is 1.72. The Morgan fingerprint density at radius 1 is 1.07 bits per heavy atom. The van der Waals surface area contributed by atoms with Crippen LogP contribution in [0.25, 0.3) is 11.0 Å². The van der Waals surface area contributed by atoms with Gasteiger partial charge in [-0.1, -0.05) is 0 Å². The summed E-state index contributed by atoms with van der Waals surface area (Å²) >= 11 is 0. The van der Waals surface area contributed by atoms with Gasteiger partial charge < -0.3 is 16.4 Å². The van der Waals surface area contributed by atoms with Gasteiger partial charge in [-0.05, 0) is 13.0 Å². The van der Waals surface area contributed by atoms with E-state index in [-0.39, 0.29) is 0 Å². The Morgan fingerprint density at radius 3 is 2.61 bits per heavy atom. The van der Waals surface area contributed by atoms with Crippen molar-refractivity contribution in [3.05, 3.63) is 48.4 Å². The second-order valence-electron chi connectivity index (χ2n) is 6.00. The molecule has 4 heterocycles. The van der Waals surface area contributed by atoms with Crippen LogP contribution in [0.2, 0.25) is 0 Å². The fourth-order valence-electron chi connectivity index (χ4n) is 2.67. The molecular weight excluding hydrogens is 360 g/mol. The number of primary amides is 1. The van der Waals surface area contributed by atoms with Crippen molar-refractivity contribution in [2.75, 3.05) is 10.6 Å². The monoisotopic (exact) mass is 376 g/mol. The topological polar surface area (TPSA) is 149 Å². The first-order chi connectivity index (χ1) is 13.5. The van der Waals surface area contributed by atoms with Gasteiger partial charge in [-0.15, -0.1) is 0 Å². The van der Waals surface area contributed by atoms with E-state index in [1.807, 2.05) is 0 Å². The van der Waals surface area contributed by atoms with Crippen molar-refractivity contribution < 1.29 is 4.79 Å². The highest BCUT2D eigenvalue weighted by molar-refractivity contribution is 5.95. The van der Waals surface area contributed by atoms with E-state index in [9.17, 15) is 4.79 Å². The first kappa shape index (κ1) is 17.3. The van der Waals surface area contributed by atoms with Crippen LogP contribution < -0.4 is 16.4 Å². The maximum atomic E-state index is 11.5. The van der Waals surface area contributed by atoms with E-state index in [0.717, 1.165) is 0 Å². The molecule has 0 fully saturated rings. The highest BCUT2D eigenvalue weighted by Gasteiger charge is 2.14. The molecule has 0 aliphatic rings. The molecule has 1 amide bonds. The molecule has 4 aromatic rings. The molecule has 0 atom stereocenters. The summed E-state index contributed by atoms with van der Waals surface area (Å²) in [5.41, 5.74) is 8.17. The van der Waals surface area contributed by atoms with E-state index in [4.69, 9.17) is 5.73 Å². The Morgan fingerprint density at radius 2 is 1.86 bits per heavy atom. The van der Waals surface area contributed by atoms with E-state index >= 15 is 0 Å². The maximum absolute atomic E-state index is 11.5. The fourth-order valence-corrected chi connectivity index (χ4v) is 2.67. The van der Waals surface area contributed by atoms with Crippen molar-refractivity contribution in [3.63, 3.8) is 0 Å². The molecule has 140 valence electrons. The summed E-state index contributed by atoms with van der Waals surface area (Å²) in [5, 5.41) is 11.3. The van der Waals surface area contributed by atoms with E-state index in [2.05, 4.69) is 40.7 Å². The molecule has 4 rings (SSSR count). The van der Waals surface area contributed by atoms with Gasteiger partial charge >= 0.3 is 0 Å². The molecule has 4 aromatic heterocycles. The predicted molar refractivity (Wildman–Crippen MR) is 102 cm³/mol. The summed E-state index contributed by atoms with van der Waals surface area (Å²) < 4.78 is 1.63. The van der Waals surface area contributed by atoms with Gasteiger partial charge in [-0.3, -0.25) is 9.78 Å². The Hall–Kier alpha value is -4.15. The quantitative estimate of drug-likeness (QED) is 0.470. The molecule has 0 radical (unpaired) electrons. The van der Waals surface area contributed by atoms with Crippen molar-refractivity contribution >= 4 is 40.1 Å². The van der Waals surface area contributed by atoms with Gasteiger partial charge in [0.1, 0.15) is 6.33 Å². The second-order valence-corrected chi connectivity index (χ2v) is 6.00. The van der Waals surface area contributed by atoms with Crippen LogP contribution in [-0.4, -0.2) is 40.6 Å². The van der Waals surface area contributed by atoms with Gasteiger partial charge in [0.15, 0.2) is 11.5 Å². The number of carbonyl (C=O) groups is 1. The normalized spacial score (nSPS) is 10.8.